The lowest BCUT2D eigenvalue weighted by molar-refractivity contribution is 0.356. The molecule has 0 saturated heterocycles. The van der Waals surface area contributed by atoms with Crippen LogP contribution in [-0.4, -0.2) is 10.1 Å². The van der Waals surface area contributed by atoms with Crippen LogP contribution in [0.3, 0.4) is 0 Å². The molecule has 0 amide bonds. The highest BCUT2D eigenvalue weighted by molar-refractivity contribution is 9.10. The van der Waals surface area contributed by atoms with Gasteiger partial charge < -0.3 is 10.3 Å². The molecule has 5 heteroatoms. The monoisotopic (exact) mass is 345 g/mol. The largest absolute Gasteiger partial charge is 0.359 e. The van der Waals surface area contributed by atoms with Gasteiger partial charge in [-0.05, 0) is 24.6 Å². The van der Waals surface area contributed by atoms with Crippen LogP contribution in [0.1, 0.15) is 31.6 Å². The highest BCUT2D eigenvalue weighted by Gasteiger charge is 2.15. The maximum Gasteiger partial charge on any atom is 0.154 e. The van der Waals surface area contributed by atoms with Gasteiger partial charge in [0.05, 0.1) is 11.6 Å². The van der Waals surface area contributed by atoms with Crippen molar-refractivity contribution in [3.8, 4) is 11.3 Å². The quantitative estimate of drug-likeness (QED) is 0.758. The van der Waals surface area contributed by atoms with Gasteiger partial charge in [-0.3, -0.25) is 4.98 Å². The van der Waals surface area contributed by atoms with Crippen LogP contribution in [0.5, 0.6) is 0 Å². The second kappa shape index (κ2) is 5.95. The zero-order chi connectivity index (χ0) is 14.8. The van der Waals surface area contributed by atoms with E-state index < -0.39 is 0 Å². The molecular formula is C16H16BrN3O. The lowest BCUT2D eigenvalue weighted by atomic mass is 10.1. The van der Waals surface area contributed by atoms with Crippen molar-refractivity contribution in [2.24, 2.45) is 5.73 Å². The number of hydrogen-bond donors (Lipinski definition) is 1. The zero-order valence-corrected chi connectivity index (χ0v) is 13.3. The van der Waals surface area contributed by atoms with Crippen LogP contribution in [0.15, 0.2) is 45.5 Å². The summed E-state index contributed by atoms with van der Waals surface area (Å²) in [5.41, 5.74) is 8.70. The number of nitrogens with two attached hydrogens (primary N) is 1. The Labute approximate surface area is 131 Å². The van der Waals surface area contributed by atoms with Crippen molar-refractivity contribution in [2.45, 2.75) is 25.8 Å². The number of rotatable bonds is 4. The third-order valence-corrected chi connectivity index (χ3v) is 4.18. The highest BCUT2D eigenvalue weighted by atomic mass is 79.9. The minimum atomic E-state index is -0.106. The molecule has 0 aliphatic rings. The number of benzene rings is 1. The van der Waals surface area contributed by atoms with Crippen molar-refractivity contribution in [2.75, 3.05) is 0 Å². The van der Waals surface area contributed by atoms with E-state index in [1.807, 2.05) is 30.3 Å². The molecule has 3 rings (SSSR count). The predicted molar refractivity (Wildman–Crippen MR) is 86.8 cm³/mol. The third-order valence-electron chi connectivity index (χ3n) is 3.49. The van der Waals surface area contributed by atoms with Crippen LogP contribution in [-0.2, 0) is 0 Å². The average molecular weight is 346 g/mol. The number of pyridine rings is 1. The van der Waals surface area contributed by atoms with Gasteiger partial charge in [0.1, 0.15) is 5.69 Å². The number of halogens is 1. The maximum absolute atomic E-state index is 6.08. The van der Waals surface area contributed by atoms with Crippen molar-refractivity contribution in [3.05, 3.63) is 46.8 Å². The van der Waals surface area contributed by atoms with Gasteiger partial charge in [0.25, 0.3) is 0 Å². The van der Waals surface area contributed by atoms with Gasteiger partial charge >= 0.3 is 0 Å². The van der Waals surface area contributed by atoms with Crippen LogP contribution in [0.2, 0.25) is 0 Å². The first kappa shape index (κ1) is 14.2. The molecule has 0 spiro atoms. The molecule has 21 heavy (non-hydrogen) atoms. The van der Waals surface area contributed by atoms with Gasteiger partial charge in [0, 0.05) is 27.7 Å². The smallest absolute Gasteiger partial charge is 0.154 e. The summed E-state index contributed by atoms with van der Waals surface area (Å²) >= 11 is 3.55. The molecule has 2 N–H and O–H groups in total. The minimum Gasteiger partial charge on any atom is -0.359 e. The molecule has 0 aliphatic heterocycles. The van der Waals surface area contributed by atoms with E-state index in [0.29, 0.717) is 0 Å². The van der Waals surface area contributed by atoms with Crippen molar-refractivity contribution >= 4 is 26.8 Å². The van der Waals surface area contributed by atoms with Crippen molar-refractivity contribution < 1.29 is 4.52 Å². The fourth-order valence-corrected chi connectivity index (χ4v) is 2.84. The molecular weight excluding hydrogens is 330 g/mol. The van der Waals surface area contributed by atoms with E-state index in [1.54, 1.807) is 6.20 Å². The van der Waals surface area contributed by atoms with Gasteiger partial charge in [-0.2, -0.15) is 0 Å². The van der Waals surface area contributed by atoms with Crippen LogP contribution in [0.4, 0.5) is 0 Å². The molecule has 108 valence electrons. The molecule has 0 radical (unpaired) electrons. The molecule has 1 unspecified atom stereocenters. The van der Waals surface area contributed by atoms with Gasteiger partial charge in [0.2, 0.25) is 0 Å². The lowest BCUT2D eigenvalue weighted by Gasteiger charge is -2.05. The van der Waals surface area contributed by atoms with Crippen molar-refractivity contribution in [1.82, 2.24) is 10.1 Å². The molecule has 2 aromatic heterocycles. The Morgan fingerprint density at radius 2 is 2.19 bits per heavy atom. The fraction of sp³-hybridized carbons (Fsp3) is 0.250. The van der Waals surface area contributed by atoms with Crippen LogP contribution in [0, 0.1) is 0 Å². The minimum absolute atomic E-state index is 0.106. The summed E-state index contributed by atoms with van der Waals surface area (Å²) in [5.74, 6) is 0.721. The first-order chi connectivity index (χ1) is 10.2. The summed E-state index contributed by atoms with van der Waals surface area (Å²) in [6.07, 6.45) is 3.68. The van der Waals surface area contributed by atoms with Crippen LogP contribution >= 0.6 is 15.9 Å². The third kappa shape index (κ3) is 2.71. The average Bonchev–Trinajstić information content (AvgIpc) is 2.98. The first-order valence-corrected chi connectivity index (χ1v) is 7.75. The van der Waals surface area contributed by atoms with E-state index in [1.165, 1.54) is 0 Å². The SMILES string of the molecule is CCCC(N)c1cc(-c2ccc(Br)c3cccnc23)no1. The van der Waals surface area contributed by atoms with E-state index in [4.69, 9.17) is 10.3 Å². The molecule has 1 aromatic carbocycles. The number of fused-ring (bicyclic) bond motifs is 1. The second-order valence-corrected chi connectivity index (χ2v) is 5.86. The molecule has 0 fully saturated rings. The molecule has 4 nitrogen and oxygen atoms in total. The molecule has 0 aliphatic carbocycles. The standard InChI is InChI=1S/C16H16BrN3O/c1-2-4-13(18)15-9-14(20-21-15)11-6-7-12(17)10-5-3-8-19-16(10)11/h3,5-9,13H,2,4,18H2,1H3. The van der Waals surface area contributed by atoms with Crippen LogP contribution in [0.25, 0.3) is 22.2 Å². The molecule has 1 atom stereocenters. The van der Waals surface area contributed by atoms with E-state index in [-0.39, 0.29) is 6.04 Å². The number of aromatic nitrogens is 2. The summed E-state index contributed by atoms with van der Waals surface area (Å²) in [6.45, 7) is 2.10. The van der Waals surface area contributed by atoms with Gasteiger partial charge in [-0.25, -0.2) is 0 Å². The Morgan fingerprint density at radius 3 is 3.00 bits per heavy atom. The van der Waals surface area contributed by atoms with E-state index >= 15 is 0 Å². The number of hydrogen-bond acceptors (Lipinski definition) is 4. The summed E-state index contributed by atoms with van der Waals surface area (Å²) in [6, 6.07) is 9.75. The normalized spacial score (nSPS) is 12.7. The van der Waals surface area contributed by atoms with Crippen molar-refractivity contribution in [1.29, 1.82) is 0 Å². The van der Waals surface area contributed by atoms with Gasteiger partial charge in [0.15, 0.2) is 5.76 Å². The number of nitrogens with zero attached hydrogens (tertiary/aromatic N) is 2. The Morgan fingerprint density at radius 1 is 1.33 bits per heavy atom. The summed E-state index contributed by atoms with van der Waals surface area (Å²) in [5, 5.41) is 5.21. The zero-order valence-electron chi connectivity index (χ0n) is 11.7. The summed E-state index contributed by atoms with van der Waals surface area (Å²) < 4.78 is 6.41. The lowest BCUT2D eigenvalue weighted by Crippen LogP contribution is -2.08. The molecule has 0 saturated carbocycles. The van der Waals surface area contributed by atoms with E-state index in [0.717, 1.165) is 45.2 Å². The Bertz CT molecular complexity index is 769. The molecule has 3 aromatic rings. The first-order valence-electron chi connectivity index (χ1n) is 6.96. The highest BCUT2D eigenvalue weighted by Crippen LogP contribution is 2.32. The second-order valence-electron chi connectivity index (χ2n) is 5.00. The van der Waals surface area contributed by atoms with Crippen LogP contribution < -0.4 is 5.73 Å². The predicted octanol–water partition coefficient (Wildman–Crippen LogP) is 4.45. The van der Waals surface area contributed by atoms with Gasteiger partial charge in [-0.1, -0.05) is 40.5 Å². The van der Waals surface area contributed by atoms with Crippen molar-refractivity contribution in [3.63, 3.8) is 0 Å². The molecule has 0 bridgehead atoms. The Balaban J connectivity index is 2.07. The fourth-order valence-electron chi connectivity index (χ4n) is 2.39. The topological polar surface area (TPSA) is 64.9 Å². The molecule has 2 heterocycles. The Hall–Kier alpha value is -1.72. The van der Waals surface area contributed by atoms with Gasteiger partial charge in [-0.15, -0.1) is 0 Å². The van der Waals surface area contributed by atoms with E-state index in [9.17, 15) is 0 Å². The Kier molecular flexibility index (Phi) is 4.03. The summed E-state index contributed by atoms with van der Waals surface area (Å²) in [4.78, 5) is 4.47. The van der Waals surface area contributed by atoms with E-state index in [2.05, 4.69) is 33.0 Å². The summed E-state index contributed by atoms with van der Waals surface area (Å²) in [7, 11) is 0. The maximum atomic E-state index is 6.08.